The Bertz CT molecular complexity index is 424. The van der Waals surface area contributed by atoms with Crippen LogP contribution in [0.5, 0.6) is 17.2 Å². The summed E-state index contributed by atoms with van der Waals surface area (Å²) in [6.07, 6.45) is 1.06. The zero-order chi connectivity index (χ0) is 14.5. The number of aliphatic hydroxyl groups is 1. The van der Waals surface area contributed by atoms with E-state index in [2.05, 4.69) is 4.90 Å². The van der Waals surface area contributed by atoms with Gasteiger partial charge in [-0.1, -0.05) is 0 Å². The van der Waals surface area contributed by atoms with Crippen molar-refractivity contribution in [2.45, 2.75) is 13.0 Å². The van der Waals surface area contributed by atoms with Crippen molar-refractivity contribution in [3.63, 3.8) is 0 Å². The summed E-state index contributed by atoms with van der Waals surface area (Å²) in [5.41, 5.74) is 1.12. The SMILES string of the molecule is COc1cc(CN2CCC(CO)C2)cc(OC)c1OC. The Balaban J connectivity index is 2.16. The highest BCUT2D eigenvalue weighted by Gasteiger charge is 2.22. The molecular formula is C15H23NO4. The van der Waals surface area contributed by atoms with Gasteiger partial charge >= 0.3 is 0 Å². The van der Waals surface area contributed by atoms with Gasteiger partial charge in [-0.25, -0.2) is 0 Å². The molecule has 112 valence electrons. The largest absolute Gasteiger partial charge is 0.493 e. The first kappa shape index (κ1) is 14.9. The normalized spacial score (nSPS) is 19.1. The highest BCUT2D eigenvalue weighted by atomic mass is 16.5. The molecule has 0 radical (unpaired) electrons. The van der Waals surface area contributed by atoms with Gasteiger partial charge in [0.15, 0.2) is 11.5 Å². The lowest BCUT2D eigenvalue weighted by atomic mass is 10.1. The van der Waals surface area contributed by atoms with E-state index in [0.717, 1.165) is 31.6 Å². The van der Waals surface area contributed by atoms with Gasteiger partial charge in [0.05, 0.1) is 21.3 Å². The Morgan fingerprint density at radius 1 is 1.15 bits per heavy atom. The third-order valence-electron chi connectivity index (χ3n) is 3.76. The molecule has 1 saturated heterocycles. The van der Waals surface area contributed by atoms with E-state index in [1.165, 1.54) is 0 Å². The molecule has 2 rings (SSSR count). The standard InChI is InChI=1S/C15H23NO4/c1-18-13-6-12(7-14(19-2)15(13)20-3)9-16-5-4-11(8-16)10-17/h6-7,11,17H,4-5,8-10H2,1-3H3. The molecule has 1 aliphatic rings. The molecule has 1 aliphatic heterocycles. The van der Waals surface area contributed by atoms with E-state index in [1.807, 2.05) is 12.1 Å². The number of hydrogen-bond acceptors (Lipinski definition) is 5. The number of likely N-dealkylation sites (tertiary alicyclic amines) is 1. The van der Waals surface area contributed by atoms with Crippen molar-refractivity contribution in [1.82, 2.24) is 4.90 Å². The molecule has 1 fully saturated rings. The molecule has 5 nitrogen and oxygen atoms in total. The van der Waals surface area contributed by atoms with Crippen molar-refractivity contribution in [1.29, 1.82) is 0 Å². The summed E-state index contributed by atoms with van der Waals surface area (Å²) in [5, 5.41) is 9.20. The fraction of sp³-hybridized carbons (Fsp3) is 0.600. The van der Waals surface area contributed by atoms with E-state index in [-0.39, 0.29) is 6.61 Å². The minimum atomic E-state index is 0.270. The van der Waals surface area contributed by atoms with E-state index in [0.29, 0.717) is 23.2 Å². The van der Waals surface area contributed by atoms with Crippen molar-refractivity contribution < 1.29 is 19.3 Å². The van der Waals surface area contributed by atoms with Crippen LogP contribution in [0, 0.1) is 5.92 Å². The Labute approximate surface area is 120 Å². The fourth-order valence-corrected chi connectivity index (χ4v) is 2.69. The molecule has 1 unspecified atom stereocenters. The smallest absolute Gasteiger partial charge is 0.203 e. The summed E-state index contributed by atoms with van der Waals surface area (Å²) in [4.78, 5) is 2.33. The summed E-state index contributed by atoms with van der Waals surface area (Å²) in [6, 6.07) is 3.96. The molecule has 0 aliphatic carbocycles. The van der Waals surface area contributed by atoms with Crippen molar-refractivity contribution in [2.24, 2.45) is 5.92 Å². The first-order valence-corrected chi connectivity index (χ1v) is 6.84. The lowest BCUT2D eigenvalue weighted by molar-refractivity contribution is 0.220. The highest BCUT2D eigenvalue weighted by molar-refractivity contribution is 5.53. The number of methoxy groups -OCH3 is 3. The van der Waals surface area contributed by atoms with Crippen molar-refractivity contribution in [3.8, 4) is 17.2 Å². The highest BCUT2D eigenvalue weighted by Crippen LogP contribution is 2.38. The van der Waals surface area contributed by atoms with Crippen LogP contribution in [0.1, 0.15) is 12.0 Å². The number of benzene rings is 1. The van der Waals surface area contributed by atoms with Crippen LogP contribution in [0.4, 0.5) is 0 Å². The fourth-order valence-electron chi connectivity index (χ4n) is 2.69. The quantitative estimate of drug-likeness (QED) is 0.857. The van der Waals surface area contributed by atoms with Crippen LogP contribution in [0.15, 0.2) is 12.1 Å². The first-order valence-electron chi connectivity index (χ1n) is 6.84. The lowest BCUT2D eigenvalue weighted by Crippen LogP contribution is -2.21. The maximum absolute atomic E-state index is 9.20. The molecule has 0 bridgehead atoms. The molecule has 0 amide bonds. The van der Waals surface area contributed by atoms with Crippen molar-refractivity contribution >= 4 is 0 Å². The van der Waals surface area contributed by atoms with Gasteiger partial charge < -0.3 is 19.3 Å². The van der Waals surface area contributed by atoms with E-state index in [1.54, 1.807) is 21.3 Å². The molecule has 0 spiro atoms. The molecule has 1 aromatic carbocycles. The second-order valence-electron chi connectivity index (χ2n) is 5.11. The molecule has 1 heterocycles. The molecule has 5 heteroatoms. The van der Waals surface area contributed by atoms with Crippen molar-refractivity contribution in [3.05, 3.63) is 17.7 Å². The molecule has 0 aromatic heterocycles. The molecule has 1 aromatic rings. The Morgan fingerprint density at radius 3 is 2.25 bits per heavy atom. The second-order valence-corrected chi connectivity index (χ2v) is 5.11. The van der Waals surface area contributed by atoms with Gasteiger partial charge in [-0.15, -0.1) is 0 Å². The van der Waals surface area contributed by atoms with Gasteiger partial charge in [0.25, 0.3) is 0 Å². The number of aliphatic hydroxyl groups excluding tert-OH is 1. The Kier molecular flexibility index (Phi) is 5.09. The van der Waals surface area contributed by atoms with Gasteiger partial charge in [0.1, 0.15) is 0 Å². The molecule has 20 heavy (non-hydrogen) atoms. The summed E-state index contributed by atoms with van der Waals surface area (Å²) >= 11 is 0. The van der Waals surface area contributed by atoms with Crippen LogP contribution in [-0.4, -0.2) is 51.0 Å². The van der Waals surface area contributed by atoms with Crippen LogP contribution in [0.2, 0.25) is 0 Å². The van der Waals surface area contributed by atoms with E-state index in [4.69, 9.17) is 14.2 Å². The van der Waals surface area contributed by atoms with Crippen LogP contribution in [0.25, 0.3) is 0 Å². The van der Waals surface area contributed by atoms with Gasteiger partial charge in [-0.3, -0.25) is 4.90 Å². The van der Waals surface area contributed by atoms with Gasteiger partial charge in [-0.2, -0.15) is 0 Å². The molecule has 1 atom stereocenters. The molecule has 0 saturated carbocycles. The Hall–Kier alpha value is -1.46. The van der Waals surface area contributed by atoms with E-state index < -0.39 is 0 Å². The predicted molar refractivity (Wildman–Crippen MR) is 76.6 cm³/mol. The second kappa shape index (κ2) is 6.81. The van der Waals surface area contributed by atoms with Gasteiger partial charge in [0.2, 0.25) is 5.75 Å². The summed E-state index contributed by atoms with van der Waals surface area (Å²) in [7, 11) is 4.85. The first-order chi connectivity index (χ1) is 9.71. The topological polar surface area (TPSA) is 51.2 Å². The van der Waals surface area contributed by atoms with Crippen LogP contribution in [-0.2, 0) is 6.54 Å². The summed E-state index contributed by atoms with van der Waals surface area (Å²) in [6.45, 7) is 3.05. The Morgan fingerprint density at radius 2 is 1.80 bits per heavy atom. The van der Waals surface area contributed by atoms with Crippen LogP contribution < -0.4 is 14.2 Å². The minimum absolute atomic E-state index is 0.270. The average molecular weight is 281 g/mol. The number of ether oxygens (including phenoxy) is 3. The predicted octanol–water partition coefficient (Wildman–Crippen LogP) is 1.53. The third-order valence-corrected chi connectivity index (χ3v) is 3.76. The molecule has 1 N–H and O–H groups in total. The number of hydrogen-bond donors (Lipinski definition) is 1. The zero-order valence-corrected chi connectivity index (χ0v) is 12.4. The minimum Gasteiger partial charge on any atom is -0.493 e. The maximum Gasteiger partial charge on any atom is 0.203 e. The van der Waals surface area contributed by atoms with Crippen LogP contribution >= 0.6 is 0 Å². The molecular weight excluding hydrogens is 258 g/mol. The average Bonchev–Trinajstić information content (AvgIpc) is 2.93. The monoisotopic (exact) mass is 281 g/mol. The van der Waals surface area contributed by atoms with E-state index >= 15 is 0 Å². The summed E-state index contributed by atoms with van der Waals surface area (Å²) in [5.74, 6) is 2.38. The third kappa shape index (κ3) is 3.16. The lowest BCUT2D eigenvalue weighted by Gasteiger charge is -2.18. The van der Waals surface area contributed by atoms with Gasteiger partial charge in [-0.05, 0) is 36.6 Å². The zero-order valence-electron chi connectivity index (χ0n) is 12.4. The summed E-state index contributed by atoms with van der Waals surface area (Å²) < 4.78 is 16.0. The maximum atomic E-state index is 9.20. The van der Waals surface area contributed by atoms with E-state index in [9.17, 15) is 5.11 Å². The van der Waals surface area contributed by atoms with Crippen molar-refractivity contribution in [2.75, 3.05) is 41.0 Å². The van der Waals surface area contributed by atoms with Crippen LogP contribution in [0.3, 0.4) is 0 Å². The van der Waals surface area contributed by atoms with Gasteiger partial charge in [0, 0.05) is 19.7 Å². The number of nitrogens with zero attached hydrogens (tertiary/aromatic N) is 1. The number of rotatable bonds is 6.